The van der Waals surface area contributed by atoms with Gasteiger partial charge in [0.15, 0.2) is 0 Å². The van der Waals surface area contributed by atoms with Crippen LogP contribution in [0.15, 0.2) is 47.4 Å². The summed E-state index contributed by atoms with van der Waals surface area (Å²) in [6, 6.07) is 11.8. The molecule has 0 bridgehead atoms. The Morgan fingerprint density at radius 1 is 1.10 bits per heavy atom. The van der Waals surface area contributed by atoms with Crippen molar-refractivity contribution < 1.29 is 27.6 Å². The average molecular weight is 435 g/mol. The van der Waals surface area contributed by atoms with Crippen LogP contribution in [-0.4, -0.2) is 48.2 Å². The van der Waals surface area contributed by atoms with Crippen LogP contribution in [-0.2, 0) is 10.0 Å². The lowest BCUT2D eigenvalue weighted by Crippen LogP contribution is -3.11. The number of rotatable bonds is 8. The lowest BCUT2D eigenvalue weighted by atomic mass is 10.0. The van der Waals surface area contributed by atoms with E-state index in [1.807, 2.05) is 24.3 Å². The molecule has 2 aromatic carbocycles. The highest BCUT2D eigenvalue weighted by Crippen LogP contribution is 2.25. The highest BCUT2D eigenvalue weighted by atomic mass is 32.2. The number of primary sulfonamides is 1. The Hall–Kier alpha value is -2.62. The largest absolute Gasteiger partial charge is 0.496 e. The van der Waals surface area contributed by atoms with Crippen molar-refractivity contribution in [1.82, 2.24) is 5.32 Å². The Morgan fingerprint density at radius 2 is 1.77 bits per heavy atom. The van der Waals surface area contributed by atoms with E-state index in [2.05, 4.69) is 5.32 Å². The zero-order valence-corrected chi connectivity index (χ0v) is 18.0. The van der Waals surface area contributed by atoms with Crippen molar-refractivity contribution in [2.75, 3.05) is 33.9 Å². The summed E-state index contributed by atoms with van der Waals surface area (Å²) in [4.78, 5) is 14.2. The van der Waals surface area contributed by atoms with Gasteiger partial charge in [-0.3, -0.25) is 4.79 Å². The summed E-state index contributed by atoms with van der Waals surface area (Å²) in [6.45, 7) is 2.41. The van der Waals surface area contributed by atoms with Crippen molar-refractivity contribution in [1.29, 1.82) is 0 Å². The van der Waals surface area contributed by atoms with E-state index in [0.29, 0.717) is 6.54 Å². The Labute approximate surface area is 177 Å². The van der Waals surface area contributed by atoms with Gasteiger partial charge in [0, 0.05) is 12.8 Å². The van der Waals surface area contributed by atoms with Crippen LogP contribution in [0.25, 0.3) is 0 Å². The molecule has 162 valence electrons. The van der Waals surface area contributed by atoms with E-state index in [0.717, 1.165) is 37.2 Å². The average Bonchev–Trinajstić information content (AvgIpc) is 3.27. The fraction of sp³-hybridized carbons (Fsp3) is 0.381. The number of nitrogens with two attached hydrogens (primary N) is 1. The molecular weight excluding hydrogens is 406 g/mol. The topological polar surface area (TPSA) is 112 Å². The van der Waals surface area contributed by atoms with Crippen molar-refractivity contribution in [2.45, 2.75) is 23.8 Å². The van der Waals surface area contributed by atoms with Crippen LogP contribution in [0.1, 0.15) is 34.8 Å². The Bertz CT molecular complexity index is 1000. The van der Waals surface area contributed by atoms with Gasteiger partial charge in [0.1, 0.15) is 17.5 Å². The van der Waals surface area contributed by atoms with E-state index in [1.165, 1.54) is 30.2 Å². The molecule has 2 aromatic rings. The Balaban J connectivity index is 1.86. The minimum Gasteiger partial charge on any atom is -0.496 e. The number of hydrogen-bond donors (Lipinski definition) is 3. The molecular formula is C21H28N3O5S+. The third-order valence-electron chi connectivity index (χ3n) is 5.46. The summed E-state index contributed by atoms with van der Waals surface area (Å²) >= 11 is 0. The molecule has 0 spiro atoms. The van der Waals surface area contributed by atoms with Crippen LogP contribution < -0.4 is 24.8 Å². The maximum Gasteiger partial charge on any atom is 0.255 e. The predicted octanol–water partition coefficient (Wildman–Crippen LogP) is 0.501. The molecule has 1 saturated heterocycles. The second-order valence-corrected chi connectivity index (χ2v) is 8.84. The number of para-hydroxylation sites is 1. The number of hydrogen-bond acceptors (Lipinski definition) is 5. The molecule has 1 fully saturated rings. The zero-order chi connectivity index (χ0) is 21.7. The summed E-state index contributed by atoms with van der Waals surface area (Å²) in [7, 11) is -0.875. The highest BCUT2D eigenvalue weighted by molar-refractivity contribution is 7.89. The Morgan fingerprint density at radius 3 is 2.40 bits per heavy atom. The standard InChI is InChI=1S/C21H27N3O5S/c1-28-19-8-4-3-7-16(19)18(24-11-5-6-12-24)14-23-21(25)17-13-15(30(22,26)27)9-10-20(17)29-2/h3-4,7-10,13,18H,5-6,11-12,14H2,1-2H3,(H,23,25)(H2,22,26,27)/p+1/t18-/m0/s1. The van der Waals surface area contributed by atoms with Gasteiger partial charge in [-0.2, -0.15) is 0 Å². The maximum absolute atomic E-state index is 12.9. The van der Waals surface area contributed by atoms with Gasteiger partial charge in [-0.25, -0.2) is 13.6 Å². The van der Waals surface area contributed by atoms with Crippen molar-refractivity contribution >= 4 is 15.9 Å². The third-order valence-corrected chi connectivity index (χ3v) is 6.37. The summed E-state index contributed by atoms with van der Waals surface area (Å²) in [6.07, 6.45) is 2.28. The molecule has 4 N–H and O–H groups in total. The van der Waals surface area contributed by atoms with Crippen LogP contribution in [0.4, 0.5) is 0 Å². The van der Waals surface area contributed by atoms with Crippen LogP contribution in [0, 0.1) is 0 Å². The van der Waals surface area contributed by atoms with Gasteiger partial charge in [-0.15, -0.1) is 0 Å². The van der Waals surface area contributed by atoms with Gasteiger partial charge >= 0.3 is 0 Å². The first-order valence-corrected chi connectivity index (χ1v) is 11.4. The zero-order valence-electron chi connectivity index (χ0n) is 17.2. The number of nitrogens with one attached hydrogen (secondary N) is 2. The fourth-order valence-electron chi connectivity index (χ4n) is 3.94. The van der Waals surface area contributed by atoms with Crippen molar-refractivity contribution in [3.63, 3.8) is 0 Å². The molecule has 1 aliphatic heterocycles. The van der Waals surface area contributed by atoms with Crippen LogP contribution in [0.5, 0.6) is 11.5 Å². The van der Waals surface area contributed by atoms with Gasteiger partial charge in [0.25, 0.3) is 5.91 Å². The quantitative estimate of drug-likeness (QED) is 0.560. The van der Waals surface area contributed by atoms with Gasteiger partial charge < -0.3 is 19.7 Å². The third kappa shape index (κ3) is 4.92. The van der Waals surface area contributed by atoms with E-state index >= 15 is 0 Å². The molecule has 1 amide bonds. The van der Waals surface area contributed by atoms with Crippen LogP contribution >= 0.6 is 0 Å². The minimum absolute atomic E-state index is 0.0139. The highest BCUT2D eigenvalue weighted by Gasteiger charge is 2.30. The van der Waals surface area contributed by atoms with Crippen LogP contribution in [0.3, 0.4) is 0 Å². The number of methoxy groups -OCH3 is 2. The predicted molar refractivity (Wildman–Crippen MR) is 112 cm³/mol. The fourth-order valence-corrected chi connectivity index (χ4v) is 4.48. The molecule has 0 saturated carbocycles. The van der Waals surface area contributed by atoms with E-state index in [1.54, 1.807) is 7.11 Å². The number of benzene rings is 2. The molecule has 1 aliphatic rings. The molecule has 8 nitrogen and oxygen atoms in total. The van der Waals surface area contributed by atoms with E-state index in [4.69, 9.17) is 14.6 Å². The summed E-state index contributed by atoms with van der Waals surface area (Å²) in [5.41, 5.74) is 1.15. The van der Waals surface area contributed by atoms with Crippen molar-refractivity contribution in [3.8, 4) is 11.5 Å². The first kappa shape index (κ1) is 22.1. The number of ether oxygens (including phenoxy) is 2. The molecule has 3 rings (SSSR count). The number of quaternary nitrogens is 1. The first-order chi connectivity index (χ1) is 14.3. The van der Waals surface area contributed by atoms with Gasteiger partial charge in [0.2, 0.25) is 10.0 Å². The van der Waals surface area contributed by atoms with Gasteiger partial charge in [-0.1, -0.05) is 12.1 Å². The minimum atomic E-state index is -3.94. The number of carbonyl (C=O) groups is 1. The molecule has 0 radical (unpaired) electrons. The van der Waals surface area contributed by atoms with Crippen molar-refractivity contribution in [3.05, 3.63) is 53.6 Å². The lowest BCUT2D eigenvalue weighted by molar-refractivity contribution is -0.918. The second kappa shape index (κ2) is 9.46. The number of carbonyl (C=O) groups excluding carboxylic acids is 1. The monoisotopic (exact) mass is 434 g/mol. The Kier molecular flexibility index (Phi) is 6.96. The number of sulfonamides is 1. The molecule has 0 unspecified atom stereocenters. The van der Waals surface area contributed by atoms with E-state index in [-0.39, 0.29) is 22.3 Å². The molecule has 30 heavy (non-hydrogen) atoms. The summed E-state index contributed by atoms with van der Waals surface area (Å²) in [5.74, 6) is 0.642. The summed E-state index contributed by atoms with van der Waals surface area (Å²) in [5, 5.41) is 8.16. The molecule has 1 heterocycles. The first-order valence-electron chi connectivity index (χ1n) is 9.81. The number of likely N-dealkylation sites (tertiary alicyclic amines) is 1. The lowest BCUT2D eigenvalue weighted by Gasteiger charge is -2.26. The van der Waals surface area contributed by atoms with Crippen molar-refractivity contribution in [2.24, 2.45) is 5.14 Å². The normalized spacial score (nSPS) is 15.6. The van der Waals surface area contributed by atoms with E-state index in [9.17, 15) is 13.2 Å². The smallest absolute Gasteiger partial charge is 0.255 e. The SMILES string of the molecule is COc1ccc(S(N)(=O)=O)cc1C(=O)NC[C@@H](c1ccccc1OC)[NH+]1CCCC1. The van der Waals surface area contributed by atoms with Gasteiger partial charge in [0.05, 0.1) is 49.9 Å². The van der Waals surface area contributed by atoms with Gasteiger partial charge in [-0.05, 0) is 30.3 Å². The van der Waals surface area contributed by atoms with E-state index < -0.39 is 15.9 Å². The molecule has 9 heteroatoms. The maximum atomic E-state index is 12.9. The summed E-state index contributed by atoms with van der Waals surface area (Å²) < 4.78 is 34.2. The molecule has 1 atom stereocenters. The molecule has 0 aromatic heterocycles. The second-order valence-electron chi connectivity index (χ2n) is 7.28. The molecule has 0 aliphatic carbocycles. The van der Waals surface area contributed by atoms with Crippen LogP contribution in [0.2, 0.25) is 0 Å². The number of amides is 1.